The SMILES string of the molecule is CCS(=O)(=O)CCCOCCCNC(C)C. The number of sulfone groups is 1. The largest absolute Gasteiger partial charge is 0.381 e. The molecule has 0 aliphatic carbocycles. The van der Waals surface area contributed by atoms with E-state index in [1.807, 2.05) is 0 Å². The van der Waals surface area contributed by atoms with Crippen molar-refractivity contribution in [2.24, 2.45) is 0 Å². The molecule has 0 spiro atoms. The first-order valence-electron chi connectivity index (χ1n) is 5.99. The molecule has 0 aliphatic rings. The summed E-state index contributed by atoms with van der Waals surface area (Å²) in [6.07, 6.45) is 1.58. The number of nitrogens with one attached hydrogen (secondary N) is 1. The van der Waals surface area contributed by atoms with Crippen molar-refractivity contribution in [2.45, 2.75) is 39.7 Å². The highest BCUT2D eigenvalue weighted by Crippen LogP contribution is 1.94. The van der Waals surface area contributed by atoms with E-state index in [0.717, 1.165) is 13.0 Å². The van der Waals surface area contributed by atoms with Crippen molar-refractivity contribution in [3.8, 4) is 0 Å². The maximum Gasteiger partial charge on any atom is 0.150 e. The third kappa shape index (κ3) is 10.4. The summed E-state index contributed by atoms with van der Waals surface area (Å²) >= 11 is 0. The molecular formula is C11H25NO3S. The normalized spacial score (nSPS) is 12.2. The molecule has 16 heavy (non-hydrogen) atoms. The van der Waals surface area contributed by atoms with Crippen molar-refractivity contribution >= 4 is 9.84 Å². The Kier molecular flexibility index (Phi) is 8.89. The molecule has 0 fully saturated rings. The molecule has 1 N–H and O–H groups in total. The fraction of sp³-hybridized carbons (Fsp3) is 1.00. The van der Waals surface area contributed by atoms with Gasteiger partial charge in [0.2, 0.25) is 0 Å². The van der Waals surface area contributed by atoms with Crippen LogP contribution in [0.1, 0.15) is 33.6 Å². The van der Waals surface area contributed by atoms with E-state index < -0.39 is 9.84 Å². The van der Waals surface area contributed by atoms with E-state index >= 15 is 0 Å². The smallest absolute Gasteiger partial charge is 0.150 e. The molecule has 4 nitrogen and oxygen atoms in total. The Morgan fingerprint density at radius 1 is 1.19 bits per heavy atom. The molecule has 0 unspecified atom stereocenters. The average molecular weight is 251 g/mol. The topological polar surface area (TPSA) is 55.4 Å². The van der Waals surface area contributed by atoms with Crippen molar-refractivity contribution in [2.75, 3.05) is 31.3 Å². The fourth-order valence-corrected chi connectivity index (χ4v) is 2.04. The molecule has 0 bridgehead atoms. The Bertz CT molecular complexity index is 250. The van der Waals surface area contributed by atoms with Gasteiger partial charge in [-0.3, -0.25) is 0 Å². The Morgan fingerprint density at radius 3 is 2.38 bits per heavy atom. The van der Waals surface area contributed by atoms with Crippen LogP contribution >= 0.6 is 0 Å². The van der Waals surface area contributed by atoms with E-state index in [-0.39, 0.29) is 11.5 Å². The second-order valence-electron chi connectivity index (χ2n) is 4.16. The average Bonchev–Trinajstić information content (AvgIpc) is 2.21. The summed E-state index contributed by atoms with van der Waals surface area (Å²) in [5.41, 5.74) is 0. The molecule has 0 atom stereocenters. The summed E-state index contributed by atoms with van der Waals surface area (Å²) in [6, 6.07) is 0.509. The molecule has 0 amide bonds. The van der Waals surface area contributed by atoms with Crippen LogP contribution in [0.15, 0.2) is 0 Å². The van der Waals surface area contributed by atoms with Gasteiger partial charge in [0.05, 0.1) is 5.75 Å². The van der Waals surface area contributed by atoms with E-state index in [2.05, 4.69) is 19.2 Å². The highest BCUT2D eigenvalue weighted by atomic mass is 32.2. The molecule has 0 aromatic rings. The van der Waals surface area contributed by atoms with E-state index in [1.165, 1.54) is 0 Å². The first-order valence-corrected chi connectivity index (χ1v) is 7.81. The van der Waals surface area contributed by atoms with Crippen molar-refractivity contribution in [3.63, 3.8) is 0 Å². The highest BCUT2D eigenvalue weighted by molar-refractivity contribution is 7.91. The van der Waals surface area contributed by atoms with Crippen molar-refractivity contribution in [3.05, 3.63) is 0 Å². The van der Waals surface area contributed by atoms with Gasteiger partial charge in [-0.05, 0) is 19.4 Å². The molecule has 0 aliphatic heterocycles. The summed E-state index contributed by atoms with van der Waals surface area (Å²) in [4.78, 5) is 0. The van der Waals surface area contributed by atoms with Crippen LogP contribution in [0.25, 0.3) is 0 Å². The van der Waals surface area contributed by atoms with Crippen LogP contribution in [-0.2, 0) is 14.6 Å². The quantitative estimate of drug-likeness (QED) is 0.593. The van der Waals surface area contributed by atoms with Crippen LogP contribution in [0.5, 0.6) is 0 Å². The van der Waals surface area contributed by atoms with E-state index in [9.17, 15) is 8.42 Å². The van der Waals surface area contributed by atoms with Crippen molar-refractivity contribution in [1.82, 2.24) is 5.32 Å². The van der Waals surface area contributed by atoms with Crippen LogP contribution in [0.2, 0.25) is 0 Å². The summed E-state index contributed by atoms with van der Waals surface area (Å²) in [5, 5.41) is 3.29. The Labute approximate surface area is 99.7 Å². The molecular weight excluding hydrogens is 226 g/mol. The van der Waals surface area contributed by atoms with E-state index in [0.29, 0.717) is 25.7 Å². The minimum Gasteiger partial charge on any atom is -0.381 e. The molecule has 0 aromatic heterocycles. The molecule has 5 heteroatoms. The third-order valence-electron chi connectivity index (χ3n) is 2.20. The lowest BCUT2D eigenvalue weighted by Gasteiger charge is -2.08. The second-order valence-corrected chi connectivity index (χ2v) is 6.64. The molecule has 0 saturated heterocycles. The molecule has 0 saturated carbocycles. The molecule has 0 aromatic carbocycles. The van der Waals surface area contributed by atoms with E-state index in [4.69, 9.17) is 4.74 Å². The lowest BCUT2D eigenvalue weighted by Crippen LogP contribution is -2.24. The maximum atomic E-state index is 11.1. The summed E-state index contributed by atoms with van der Waals surface area (Å²) in [7, 11) is -2.82. The van der Waals surface area contributed by atoms with Crippen LogP contribution in [-0.4, -0.2) is 45.7 Å². The molecule has 0 rings (SSSR count). The number of ether oxygens (including phenoxy) is 1. The third-order valence-corrected chi connectivity index (χ3v) is 3.99. The number of rotatable bonds is 10. The zero-order chi connectivity index (χ0) is 12.4. The van der Waals surface area contributed by atoms with E-state index in [1.54, 1.807) is 6.92 Å². The van der Waals surface area contributed by atoms with Gasteiger partial charge in [-0.1, -0.05) is 20.8 Å². The first kappa shape index (κ1) is 15.9. The Hall–Kier alpha value is -0.130. The van der Waals surface area contributed by atoms with Crippen LogP contribution in [0.3, 0.4) is 0 Å². The highest BCUT2D eigenvalue weighted by Gasteiger charge is 2.05. The molecule has 0 radical (unpaired) electrons. The van der Waals surface area contributed by atoms with Gasteiger partial charge < -0.3 is 10.1 Å². The lowest BCUT2D eigenvalue weighted by molar-refractivity contribution is 0.132. The summed E-state index contributed by atoms with van der Waals surface area (Å²) < 4.78 is 27.6. The minimum atomic E-state index is -2.82. The Morgan fingerprint density at radius 2 is 1.81 bits per heavy atom. The van der Waals surface area contributed by atoms with Gasteiger partial charge in [0.1, 0.15) is 9.84 Å². The predicted octanol–water partition coefficient (Wildman–Crippen LogP) is 1.22. The molecule has 98 valence electrons. The first-order chi connectivity index (χ1) is 7.48. The predicted molar refractivity (Wildman–Crippen MR) is 67.5 cm³/mol. The number of hydrogen-bond donors (Lipinski definition) is 1. The zero-order valence-electron chi connectivity index (χ0n) is 10.7. The van der Waals surface area contributed by atoms with Gasteiger partial charge >= 0.3 is 0 Å². The van der Waals surface area contributed by atoms with Gasteiger partial charge in [-0.25, -0.2) is 8.42 Å². The lowest BCUT2D eigenvalue weighted by atomic mass is 10.3. The molecule has 0 heterocycles. The van der Waals surface area contributed by atoms with Crippen LogP contribution < -0.4 is 5.32 Å². The van der Waals surface area contributed by atoms with Crippen LogP contribution in [0.4, 0.5) is 0 Å². The van der Waals surface area contributed by atoms with Crippen molar-refractivity contribution < 1.29 is 13.2 Å². The maximum absolute atomic E-state index is 11.1. The van der Waals surface area contributed by atoms with Gasteiger partial charge in [0, 0.05) is 25.0 Å². The monoisotopic (exact) mass is 251 g/mol. The van der Waals surface area contributed by atoms with Gasteiger partial charge in [0.15, 0.2) is 0 Å². The Balaban J connectivity index is 3.22. The second kappa shape index (κ2) is 8.96. The van der Waals surface area contributed by atoms with Gasteiger partial charge in [0.25, 0.3) is 0 Å². The van der Waals surface area contributed by atoms with Crippen LogP contribution in [0, 0.1) is 0 Å². The fourth-order valence-electron chi connectivity index (χ4n) is 1.19. The van der Waals surface area contributed by atoms with Gasteiger partial charge in [-0.2, -0.15) is 0 Å². The summed E-state index contributed by atoms with van der Waals surface area (Å²) in [5.74, 6) is 0.471. The zero-order valence-corrected chi connectivity index (χ0v) is 11.5. The summed E-state index contributed by atoms with van der Waals surface area (Å²) in [6.45, 7) is 8.08. The minimum absolute atomic E-state index is 0.227. The van der Waals surface area contributed by atoms with Crippen molar-refractivity contribution in [1.29, 1.82) is 0 Å². The standard InChI is InChI=1S/C11H25NO3S/c1-4-16(13,14)10-6-9-15-8-5-7-12-11(2)3/h11-12H,4-10H2,1-3H3. The number of hydrogen-bond acceptors (Lipinski definition) is 4. The van der Waals surface area contributed by atoms with Gasteiger partial charge in [-0.15, -0.1) is 0 Å².